The summed E-state index contributed by atoms with van der Waals surface area (Å²) in [5.74, 6) is -1.99. The minimum atomic E-state index is -1.00. The first-order valence-corrected chi connectivity index (χ1v) is 18.0. The molecule has 12 nitrogen and oxygen atoms in total. The highest BCUT2D eigenvalue weighted by Crippen LogP contribution is 2.32. The Hall–Kier alpha value is -4.22. The first-order valence-electron chi connectivity index (χ1n) is 18.0. The SMILES string of the molecule is C=CCNC(=O)C(=O)C(CCC1CCC1)NC(=O)[C@@H]1CCCN1C(=O)[C@@H](NC(=O)N[C@H](CN1Cc2ccccc2C1=O)C(C)(C)C)C(C)(C)C. The predicted molar refractivity (Wildman–Crippen MR) is 191 cm³/mol. The van der Waals surface area contributed by atoms with E-state index in [1.165, 1.54) is 11.0 Å². The van der Waals surface area contributed by atoms with Crippen molar-refractivity contribution >= 4 is 35.4 Å². The quantitative estimate of drug-likeness (QED) is 0.172. The molecule has 2 aliphatic heterocycles. The van der Waals surface area contributed by atoms with E-state index in [0.29, 0.717) is 50.4 Å². The van der Waals surface area contributed by atoms with Crippen molar-refractivity contribution in [3.63, 3.8) is 0 Å². The molecule has 2 fully saturated rings. The Kier molecular flexibility index (Phi) is 12.5. The van der Waals surface area contributed by atoms with E-state index in [-0.39, 0.29) is 12.5 Å². The number of carbonyl (C=O) groups excluding carboxylic acids is 6. The zero-order chi connectivity index (χ0) is 36.8. The Balaban J connectivity index is 1.44. The number of Topliss-reactive ketones (excluding diaryl/α,β-unsaturated/α-hetero) is 1. The molecular weight excluding hydrogens is 636 g/mol. The van der Waals surface area contributed by atoms with Crippen LogP contribution in [0.3, 0.4) is 0 Å². The molecule has 274 valence electrons. The summed E-state index contributed by atoms with van der Waals surface area (Å²) < 4.78 is 0. The van der Waals surface area contributed by atoms with Crippen LogP contribution < -0.4 is 21.3 Å². The van der Waals surface area contributed by atoms with E-state index < -0.39 is 64.5 Å². The van der Waals surface area contributed by atoms with E-state index in [2.05, 4.69) is 27.8 Å². The van der Waals surface area contributed by atoms with E-state index in [4.69, 9.17) is 0 Å². The summed E-state index contributed by atoms with van der Waals surface area (Å²) in [6.07, 6.45) is 6.78. The van der Waals surface area contributed by atoms with Crippen molar-refractivity contribution in [2.24, 2.45) is 16.7 Å². The molecule has 1 aliphatic carbocycles. The van der Waals surface area contributed by atoms with Gasteiger partial charge in [-0.15, -0.1) is 6.58 Å². The van der Waals surface area contributed by atoms with Gasteiger partial charge in [-0.25, -0.2) is 4.79 Å². The number of ketones is 1. The van der Waals surface area contributed by atoms with Crippen LogP contribution in [-0.2, 0) is 25.7 Å². The second kappa shape index (κ2) is 16.2. The largest absolute Gasteiger partial charge is 0.346 e. The minimum Gasteiger partial charge on any atom is -0.346 e. The normalized spacial score (nSPS) is 19.5. The molecule has 0 spiro atoms. The van der Waals surface area contributed by atoms with Crippen LogP contribution in [0.4, 0.5) is 4.79 Å². The van der Waals surface area contributed by atoms with E-state index in [9.17, 15) is 28.8 Å². The Labute approximate surface area is 296 Å². The van der Waals surface area contributed by atoms with Crippen molar-refractivity contribution in [1.29, 1.82) is 0 Å². The molecular formula is C38H56N6O6. The lowest BCUT2D eigenvalue weighted by atomic mass is 9.81. The van der Waals surface area contributed by atoms with Gasteiger partial charge in [-0.05, 0) is 54.1 Å². The zero-order valence-corrected chi connectivity index (χ0v) is 30.6. The lowest BCUT2D eigenvalue weighted by Gasteiger charge is -2.38. The molecule has 1 saturated heterocycles. The van der Waals surface area contributed by atoms with Gasteiger partial charge in [0.2, 0.25) is 17.6 Å². The van der Waals surface area contributed by atoms with Crippen LogP contribution in [0.2, 0.25) is 0 Å². The number of amides is 6. The monoisotopic (exact) mass is 692 g/mol. The molecule has 50 heavy (non-hydrogen) atoms. The minimum absolute atomic E-state index is 0.0810. The van der Waals surface area contributed by atoms with Gasteiger partial charge in [0.05, 0.1) is 12.1 Å². The number of likely N-dealkylation sites (tertiary alicyclic amines) is 1. The van der Waals surface area contributed by atoms with E-state index in [1.807, 2.05) is 65.8 Å². The molecule has 2 heterocycles. The molecule has 12 heteroatoms. The maximum Gasteiger partial charge on any atom is 0.315 e. The summed E-state index contributed by atoms with van der Waals surface area (Å²) in [5.41, 5.74) is 0.479. The van der Waals surface area contributed by atoms with Crippen molar-refractivity contribution < 1.29 is 28.8 Å². The molecule has 4 N–H and O–H groups in total. The summed E-state index contributed by atoms with van der Waals surface area (Å²) in [7, 11) is 0. The molecule has 1 unspecified atom stereocenters. The average Bonchev–Trinajstić information content (AvgIpc) is 3.64. The molecule has 3 aliphatic rings. The average molecular weight is 693 g/mol. The Bertz CT molecular complexity index is 1460. The molecule has 1 aromatic rings. The summed E-state index contributed by atoms with van der Waals surface area (Å²) in [6.45, 7) is 16.3. The number of rotatable bonds is 14. The van der Waals surface area contributed by atoms with Crippen LogP contribution in [0.1, 0.15) is 102 Å². The summed E-state index contributed by atoms with van der Waals surface area (Å²) in [4.78, 5) is 83.5. The highest BCUT2D eigenvalue weighted by Gasteiger charge is 2.43. The third-order valence-corrected chi connectivity index (χ3v) is 10.2. The third-order valence-electron chi connectivity index (χ3n) is 10.2. The zero-order valence-electron chi connectivity index (χ0n) is 30.6. The molecule has 0 aromatic heterocycles. The number of urea groups is 1. The predicted octanol–water partition coefficient (Wildman–Crippen LogP) is 3.70. The first kappa shape index (κ1) is 38.6. The maximum absolute atomic E-state index is 14.2. The molecule has 0 bridgehead atoms. The van der Waals surface area contributed by atoms with Crippen molar-refractivity contribution in [2.75, 3.05) is 19.6 Å². The van der Waals surface area contributed by atoms with Crippen molar-refractivity contribution in [3.8, 4) is 0 Å². The second-order valence-corrected chi connectivity index (χ2v) is 16.2. The molecule has 0 radical (unpaired) electrons. The van der Waals surface area contributed by atoms with Gasteiger partial charge in [-0.2, -0.15) is 0 Å². The third kappa shape index (κ3) is 9.51. The van der Waals surface area contributed by atoms with Gasteiger partial charge in [-0.3, -0.25) is 24.0 Å². The molecule has 1 aromatic carbocycles. The van der Waals surface area contributed by atoms with Crippen LogP contribution in [0.5, 0.6) is 0 Å². The fourth-order valence-electron chi connectivity index (χ4n) is 6.80. The number of benzene rings is 1. The van der Waals surface area contributed by atoms with E-state index >= 15 is 0 Å². The van der Waals surface area contributed by atoms with Gasteiger partial charge in [0.25, 0.3) is 11.8 Å². The summed E-state index contributed by atoms with van der Waals surface area (Å²) >= 11 is 0. The molecule has 1 saturated carbocycles. The van der Waals surface area contributed by atoms with Gasteiger partial charge in [-0.1, -0.05) is 85.1 Å². The number of carbonyl (C=O) groups is 6. The number of nitrogens with one attached hydrogen (secondary N) is 4. The van der Waals surface area contributed by atoms with Crippen molar-refractivity contribution in [3.05, 3.63) is 48.0 Å². The lowest BCUT2D eigenvalue weighted by molar-refractivity contribution is -0.143. The van der Waals surface area contributed by atoms with Crippen LogP contribution in [0.15, 0.2) is 36.9 Å². The van der Waals surface area contributed by atoms with Crippen LogP contribution in [0, 0.1) is 16.7 Å². The number of hydrogen-bond acceptors (Lipinski definition) is 6. The van der Waals surface area contributed by atoms with Gasteiger partial charge in [0, 0.05) is 31.7 Å². The molecule has 4 rings (SSSR count). The van der Waals surface area contributed by atoms with Crippen molar-refractivity contribution in [2.45, 2.75) is 117 Å². The van der Waals surface area contributed by atoms with Crippen LogP contribution >= 0.6 is 0 Å². The lowest BCUT2D eigenvalue weighted by Crippen LogP contribution is -2.61. The Morgan fingerprint density at radius 2 is 1.64 bits per heavy atom. The fourth-order valence-corrected chi connectivity index (χ4v) is 6.80. The molecule has 6 amide bonds. The Morgan fingerprint density at radius 3 is 2.24 bits per heavy atom. The summed E-state index contributed by atoms with van der Waals surface area (Å²) in [6, 6.07) is 3.67. The van der Waals surface area contributed by atoms with Crippen molar-refractivity contribution in [1.82, 2.24) is 31.1 Å². The van der Waals surface area contributed by atoms with Gasteiger partial charge in [0.1, 0.15) is 12.1 Å². The first-order chi connectivity index (χ1) is 23.5. The van der Waals surface area contributed by atoms with Gasteiger partial charge in [0.15, 0.2) is 0 Å². The van der Waals surface area contributed by atoms with Gasteiger partial charge < -0.3 is 31.1 Å². The maximum atomic E-state index is 14.2. The smallest absolute Gasteiger partial charge is 0.315 e. The number of nitrogens with zero attached hydrogens (tertiary/aromatic N) is 2. The van der Waals surface area contributed by atoms with Crippen LogP contribution in [0.25, 0.3) is 0 Å². The highest BCUT2D eigenvalue weighted by molar-refractivity contribution is 6.38. The Morgan fingerprint density at radius 1 is 0.940 bits per heavy atom. The number of hydrogen-bond donors (Lipinski definition) is 4. The standard InChI is InChI=1S/C38H56N6O6/c1-8-20-39-33(47)30(45)27(19-18-24-13-11-14-24)40-32(46)28-17-12-21-44(28)35(49)31(38(5,6)7)42-36(50)41-29(37(2,3)4)23-43-22-25-15-9-10-16-26(25)34(43)48/h8-10,15-16,24,27-29,31H,1,11-14,17-23H2,2-7H3,(H,39,47)(H,40,46)(H2,41,42,50)/t27?,28-,29+,31+/m0/s1. The summed E-state index contributed by atoms with van der Waals surface area (Å²) in [5, 5.41) is 11.2. The van der Waals surface area contributed by atoms with Crippen LogP contribution in [-0.4, -0.2) is 89.0 Å². The fraction of sp³-hybridized carbons (Fsp3) is 0.632. The second-order valence-electron chi connectivity index (χ2n) is 16.2. The van der Waals surface area contributed by atoms with Gasteiger partial charge >= 0.3 is 6.03 Å². The highest BCUT2D eigenvalue weighted by atomic mass is 16.2. The number of fused-ring (bicyclic) bond motifs is 1. The topological polar surface area (TPSA) is 157 Å². The van der Waals surface area contributed by atoms with E-state index in [0.717, 1.165) is 31.2 Å². The molecule has 4 atom stereocenters. The van der Waals surface area contributed by atoms with E-state index in [1.54, 1.807) is 4.90 Å².